The molecule has 4 heterocycles. The van der Waals surface area contributed by atoms with Gasteiger partial charge in [0.2, 0.25) is 5.91 Å². The highest BCUT2D eigenvalue weighted by Gasteiger charge is 2.29. The normalized spacial score (nSPS) is 21.2. The Hall–Kier alpha value is -2.18. The predicted octanol–water partition coefficient (Wildman–Crippen LogP) is 3.88. The molecule has 1 amide bonds. The number of amides is 1. The maximum absolute atomic E-state index is 12.9. The summed E-state index contributed by atoms with van der Waals surface area (Å²) in [6.07, 6.45) is 4.17. The summed E-state index contributed by atoms with van der Waals surface area (Å²) in [5, 5.41) is 1.23. The second-order valence-corrected chi connectivity index (χ2v) is 9.01. The van der Waals surface area contributed by atoms with Crippen molar-refractivity contribution in [2.24, 2.45) is 0 Å². The summed E-state index contributed by atoms with van der Waals surface area (Å²) in [5.74, 6) is 0.758. The minimum Gasteiger partial charge on any atom is -0.349 e. The van der Waals surface area contributed by atoms with Crippen LogP contribution in [-0.4, -0.2) is 51.4 Å². The van der Waals surface area contributed by atoms with E-state index in [-0.39, 0.29) is 5.91 Å². The van der Waals surface area contributed by atoms with Crippen molar-refractivity contribution < 1.29 is 4.79 Å². The van der Waals surface area contributed by atoms with Gasteiger partial charge in [0.25, 0.3) is 0 Å². The lowest BCUT2D eigenvalue weighted by Gasteiger charge is -2.37. The van der Waals surface area contributed by atoms with E-state index in [0.717, 1.165) is 44.5 Å². The average Bonchev–Trinajstić information content (AvgIpc) is 3.37. The highest BCUT2D eigenvalue weighted by atomic mass is 32.1. The van der Waals surface area contributed by atoms with Gasteiger partial charge >= 0.3 is 0 Å². The Morgan fingerprint density at radius 3 is 2.75 bits per heavy atom. The number of thiazole rings is 1. The van der Waals surface area contributed by atoms with Crippen LogP contribution in [-0.2, 0) is 11.3 Å². The summed E-state index contributed by atoms with van der Waals surface area (Å²) >= 11 is 1.81. The zero-order valence-corrected chi connectivity index (χ0v) is 17.1. The van der Waals surface area contributed by atoms with Crippen LogP contribution in [0, 0.1) is 0 Å². The third-order valence-corrected chi connectivity index (χ3v) is 7.51. The quantitative estimate of drug-likeness (QED) is 0.677. The van der Waals surface area contributed by atoms with E-state index in [1.165, 1.54) is 15.4 Å². The second-order valence-electron chi connectivity index (χ2n) is 7.95. The number of hydrogen-bond donors (Lipinski definition) is 0. The molecule has 0 radical (unpaired) electrons. The van der Waals surface area contributed by atoms with Crippen LogP contribution in [0.5, 0.6) is 0 Å². The van der Waals surface area contributed by atoms with Gasteiger partial charge in [-0.15, -0.1) is 11.3 Å². The van der Waals surface area contributed by atoms with Crippen LogP contribution in [0.25, 0.3) is 10.2 Å². The van der Waals surface area contributed by atoms with Crippen molar-refractivity contribution in [3.63, 3.8) is 0 Å². The SMILES string of the molecule is C[C@H]1c2cccn2CCN1CC(=O)N1CCC(c2nc3ccccc3s2)CC1. The highest BCUT2D eigenvalue weighted by Crippen LogP contribution is 2.34. The number of likely N-dealkylation sites (tertiary alicyclic amines) is 1. The van der Waals surface area contributed by atoms with Gasteiger partial charge in [-0.05, 0) is 44.0 Å². The van der Waals surface area contributed by atoms with Crippen molar-refractivity contribution in [3.8, 4) is 0 Å². The van der Waals surface area contributed by atoms with Gasteiger partial charge in [0.05, 0.1) is 21.8 Å². The Bertz CT molecular complexity index is 952. The molecule has 0 bridgehead atoms. The molecule has 1 atom stereocenters. The minimum absolute atomic E-state index is 0.273. The molecule has 0 unspecified atom stereocenters. The number of hydrogen-bond acceptors (Lipinski definition) is 4. The molecule has 0 N–H and O–H groups in total. The largest absolute Gasteiger partial charge is 0.349 e. The first-order chi connectivity index (χ1) is 13.7. The van der Waals surface area contributed by atoms with E-state index >= 15 is 0 Å². The van der Waals surface area contributed by atoms with Crippen LogP contribution in [0.4, 0.5) is 0 Å². The molecule has 2 aromatic heterocycles. The minimum atomic E-state index is 0.273. The number of carbonyl (C=O) groups excluding carboxylic acids is 1. The first-order valence-electron chi connectivity index (χ1n) is 10.2. The third-order valence-electron chi connectivity index (χ3n) is 6.31. The first kappa shape index (κ1) is 17.9. The van der Waals surface area contributed by atoms with Gasteiger partial charge in [-0.1, -0.05) is 12.1 Å². The molecule has 6 heteroatoms. The number of benzene rings is 1. The van der Waals surface area contributed by atoms with E-state index in [4.69, 9.17) is 4.98 Å². The van der Waals surface area contributed by atoms with Crippen LogP contribution in [0.3, 0.4) is 0 Å². The van der Waals surface area contributed by atoms with E-state index in [2.05, 4.69) is 57.8 Å². The first-order valence-corrected chi connectivity index (χ1v) is 11.0. The van der Waals surface area contributed by atoms with Gasteiger partial charge in [-0.25, -0.2) is 4.98 Å². The molecule has 5 rings (SSSR count). The molecule has 2 aliphatic heterocycles. The maximum atomic E-state index is 12.9. The van der Waals surface area contributed by atoms with Gasteiger partial charge < -0.3 is 9.47 Å². The smallest absolute Gasteiger partial charge is 0.236 e. The van der Waals surface area contributed by atoms with Crippen molar-refractivity contribution in [1.82, 2.24) is 19.4 Å². The van der Waals surface area contributed by atoms with E-state index < -0.39 is 0 Å². The van der Waals surface area contributed by atoms with Crippen molar-refractivity contribution in [2.45, 2.75) is 38.3 Å². The topological polar surface area (TPSA) is 41.4 Å². The molecule has 0 saturated carbocycles. The van der Waals surface area contributed by atoms with Crippen molar-refractivity contribution in [3.05, 3.63) is 53.3 Å². The molecule has 1 fully saturated rings. The van der Waals surface area contributed by atoms with E-state index in [0.29, 0.717) is 18.5 Å². The van der Waals surface area contributed by atoms with E-state index in [9.17, 15) is 4.79 Å². The summed E-state index contributed by atoms with van der Waals surface area (Å²) in [4.78, 5) is 22.1. The summed E-state index contributed by atoms with van der Waals surface area (Å²) in [6.45, 7) is 6.34. The third kappa shape index (κ3) is 3.25. The summed E-state index contributed by atoms with van der Waals surface area (Å²) in [7, 11) is 0. The number of nitrogens with zero attached hydrogens (tertiary/aromatic N) is 4. The molecule has 1 aromatic carbocycles. The van der Waals surface area contributed by atoms with Crippen molar-refractivity contribution >= 4 is 27.5 Å². The number of rotatable bonds is 3. The fraction of sp³-hybridized carbons (Fsp3) is 0.455. The van der Waals surface area contributed by atoms with E-state index in [1.807, 2.05) is 17.4 Å². The lowest BCUT2D eigenvalue weighted by atomic mass is 9.97. The van der Waals surface area contributed by atoms with Gasteiger partial charge in [0.15, 0.2) is 0 Å². The molecule has 3 aromatic rings. The zero-order chi connectivity index (χ0) is 19.1. The van der Waals surface area contributed by atoms with E-state index in [1.54, 1.807) is 0 Å². The fourth-order valence-corrected chi connectivity index (χ4v) is 5.69. The lowest BCUT2D eigenvalue weighted by Crippen LogP contribution is -2.46. The summed E-state index contributed by atoms with van der Waals surface area (Å²) < 4.78 is 3.56. The Kier molecular flexibility index (Phi) is 4.69. The average molecular weight is 395 g/mol. The Morgan fingerprint density at radius 2 is 1.93 bits per heavy atom. The van der Waals surface area contributed by atoms with Gasteiger partial charge in [-0.2, -0.15) is 0 Å². The van der Waals surface area contributed by atoms with Crippen LogP contribution in [0.15, 0.2) is 42.6 Å². The molecule has 28 heavy (non-hydrogen) atoms. The number of fused-ring (bicyclic) bond motifs is 2. The van der Waals surface area contributed by atoms with Gasteiger partial charge in [0.1, 0.15) is 0 Å². The van der Waals surface area contributed by atoms with Crippen LogP contribution in [0.2, 0.25) is 0 Å². The zero-order valence-electron chi connectivity index (χ0n) is 16.3. The number of aromatic nitrogens is 2. The summed E-state index contributed by atoms with van der Waals surface area (Å²) in [5.41, 5.74) is 2.42. The molecular weight excluding hydrogens is 368 g/mol. The monoisotopic (exact) mass is 394 g/mol. The van der Waals surface area contributed by atoms with Crippen LogP contribution in [0.1, 0.15) is 42.4 Å². The Balaban J connectivity index is 1.19. The second kappa shape index (κ2) is 7.33. The van der Waals surface area contributed by atoms with Gasteiger partial charge in [-0.3, -0.25) is 9.69 Å². The van der Waals surface area contributed by atoms with Crippen LogP contribution < -0.4 is 0 Å². The Morgan fingerprint density at radius 1 is 1.11 bits per heavy atom. The number of piperidine rings is 1. The molecule has 1 saturated heterocycles. The molecule has 5 nitrogen and oxygen atoms in total. The van der Waals surface area contributed by atoms with Crippen molar-refractivity contribution in [1.29, 1.82) is 0 Å². The molecule has 0 aliphatic carbocycles. The van der Waals surface area contributed by atoms with Gasteiger partial charge in [0, 0.05) is 50.0 Å². The number of para-hydroxylation sites is 1. The predicted molar refractivity (Wildman–Crippen MR) is 113 cm³/mol. The van der Waals surface area contributed by atoms with Crippen LogP contribution >= 0.6 is 11.3 Å². The molecular formula is C22H26N4OS. The molecule has 0 spiro atoms. The highest BCUT2D eigenvalue weighted by molar-refractivity contribution is 7.18. The fourth-order valence-electron chi connectivity index (χ4n) is 4.56. The molecule has 146 valence electrons. The summed E-state index contributed by atoms with van der Waals surface area (Å²) in [6, 6.07) is 12.9. The lowest BCUT2D eigenvalue weighted by molar-refractivity contribution is -0.134. The maximum Gasteiger partial charge on any atom is 0.236 e. The molecule has 2 aliphatic rings. The standard InChI is InChI=1S/C22H26N4OS/c1-16-19-6-4-10-24(19)13-14-26(16)15-21(27)25-11-8-17(9-12-25)22-23-18-5-2-3-7-20(18)28-22/h2-7,10,16-17H,8-9,11-15H2,1H3/t16-/m0/s1. The van der Waals surface area contributed by atoms with Crippen molar-refractivity contribution in [2.75, 3.05) is 26.2 Å². The number of carbonyl (C=O) groups is 1. The Labute approximate surface area is 169 Å².